The lowest BCUT2D eigenvalue weighted by molar-refractivity contribution is -0.139. The van der Waals surface area contributed by atoms with Crippen LogP contribution < -0.4 is 10.8 Å². The molecule has 32 heavy (non-hydrogen) atoms. The molecule has 0 unspecified atom stereocenters. The molecule has 0 radical (unpaired) electrons. The molecule has 3 saturated heterocycles. The van der Waals surface area contributed by atoms with Gasteiger partial charge in [0.15, 0.2) is 0 Å². The highest BCUT2D eigenvalue weighted by Gasteiger charge is 2.49. The van der Waals surface area contributed by atoms with Gasteiger partial charge in [0, 0.05) is 38.6 Å². The molecule has 4 rings (SSSR count). The molecule has 0 aliphatic carbocycles. The van der Waals surface area contributed by atoms with E-state index in [2.05, 4.69) is 20.1 Å². The maximum absolute atomic E-state index is 12.2. The van der Waals surface area contributed by atoms with Crippen LogP contribution in [0.4, 0.5) is 9.59 Å². The number of aromatic nitrogens is 1. The lowest BCUT2D eigenvalue weighted by Crippen LogP contribution is -2.50. The number of amides is 5. The van der Waals surface area contributed by atoms with Gasteiger partial charge < -0.3 is 15.1 Å². The largest absolute Gasteiger partial charge is 0.418 e. The lowest BCUT2D eigenvalue weighted by Gasteiger charge is -2.29. The normalized spacial score (nSPS) is 22.3. The number of carbonyl (C=O) groups is 3. The number of nitrogens with zero attached hydrogens (tertiary/aromatic N) is 4. The van der Waals surface area contributed by atoms with Crippen molar-refractivity contribution in [1.29, 1.82) is 0 Å². The van der Waals surface area contributed by atoms with Gasteiger partial charge in [0.25, 0.3) is 5.91 Å². The van der Waals surface area contributed by atoms with Crippen LogP contribution in [0.25, 0.3) is 0 Å². The van der Waals surface area contributed by atoms with Crippen molar-refractivity contribution in [3.05, 3.63) is 30.6 Å². The predicted molar refractivity (Wildman–Crippen MR) is 107 cm³/mol. The average molecular weight is 472 g/mol. The van der Waals surface area contributed by atoms with E-state index in [1.807, 2.05) is 18.2 Å². The third-order valence-electron chi connectivity index (χ3n) is 4.95. The summed E-state index contributed by atoms with van der Waals surface area (Å²) in [5.74, 6) is -0.559. The summed E-state index contributed by atoms with van der Waals surface area (Å²) in [6.07, 6.45) is 4.11. The second kappa shape index (κ2) is 10.5. The van der Waals surface area contributed by atoms with E-state index in [-0.39, 0.29) is 25.6 Å². The molecule has 4 heterocycles. The fourth-order valence-electron chi connectivity index (χ4n) is 3.49. The molecule has 2 bridgehead atoms. The van der Waals surface area contributed by atoms with Gasteiger partial charge in [-0.2, -0.15) is 13.5 Å². The molecule has 1 aromatic rings. The van der Waals surface area contributed by atoms with Crippen LogP contribution in [0.3, 0.4) is 0 Å². The number of hydrogen-bond acceptors (Lipinski definition) is 8. The van der Waals surface area contributed by atoms with Gasteiger partial charge >= 0.3 is 22.5 Å². The van der Waals surface area contributed by atoms with Crippen molar-refractivity contribution >= 4 is 28.4 Å². The van der Waals surface area contributed by atoms with Crippen LogP contribution in [0.5, 0.6) is 0 Å². The molecule has 176 valence electrons. The number of urea groups is 2. The quantitative estimate of drug-likeness (QED) is 0.260. The molecule has 3 N–H and O–H groups in total. The number of rotatable bonds is 7. The van der Waals surface area contributed by atoms with Crippen molar-refractivity contribution in [3.63, 3.8) is 0 Å². The van der Waals surface area contributed by atoms with Gasteiger partial charge in [-0.05, 0) is 25.0 Å². The summed E-state index contributed by atoms with van der Waals surface area (Å²) in [6.45, 7) is 1.61. The zero-order valence-corrected chi connectivity index (χ0v) is 17.8. The summed E-state index contributed by atoms with van der Waals surface area (Å²) >= 11 is 0. The highest BCUT2D eigenvalue weighted by Crippen LogP contribution is 2.30. The Morgan fingerprint density at radius 1 is 1.25 bits per heavy atom. The Hall–Kier alpha value is -3.01. The SMILES string of the molecule is O=C(NOCCN1CCNC1=O)[C@@H]1CC[C@@H]2CN1C(=O)N2OS(=O)(=O)O.c1ccncc1. The van der Waals surface area contributed by atoms with E-state index in [0.29, 0.717) is 31.1 Å². The predicted octanol–water partition coefficient (Wildman–Crippen LogP) is -0.856. The van der Waals surface area contributed by atoms with Crippen LogP contribution in [-0.4, -0.2) is 95.7 Å². The van der Waals surface area contributed by atoms with Crippen molar-refractivity contribution in [1.82, 2.24) is 30.6 Å². The number of fused-ring (bicyclic) bond motifs is 2. The molecule has 0 saturated carbocycles. The summed E-state index contributed by atoms with van der Waals surface area (Å²) in [4.78, 5) is 47.3. The summed E-state index contributed by atoms with van der Waals surface area (Å²) < 4.78 is 34.7. The molecule has 0 aromatic carbocycles. The van der Waals surface area contributed by atoms with E-state index < -0.39 is 34.4 Å². The first-order valence-corrected chi connectivity index (χ1v) is 11.2. The van der Waals surface area contributed by atoms with E-state index in [1.165, 1.54) is 4.90 Å². The van der Waals surface area contributed by atoms with Crippen LogP contribution in [0.2, 0.25) is 0 Å². The highest BCUT2D eigenvalue weighted by atomic mass is 32.3. The third-order valence-corrected chi connectivity index (χ3v) is 5.30. The fourth-order valence-corrected chi connectivity index (χ4v) is 3.88. The number of carbonyl (C=O) groups excluding carboxylic acids is 3. The van der Waals surface area contributed by atoms with E-state index >= 15 is 0 Å². The number of hydrogen-bond donors (Lipinski definition) is 3. The van der Waals surface area contributed by atoms with Crippen molar-refractivity contribution in [3.8, 4) is 0 Å². The highest BCUT2D eigenvalue weighted by molar-refractivity contribution is 7.80. The van der Waals surface area contributed by atoms with Crippen molar-refractivity contribution in [2.75, 3.05) is 32.8 Å². The smallest absolute Gasteiger partial charge is 0.336 e. The van der Waals surface area contributed by atoms with E-state index in [9.17, 15) is 22.8 Å². The summed E-state index contributed by atoms with van der Waals surface area (Å²) in [5.41, 5.74) is 2.24. The molecule has 1 aromatic heterocycles. The number of nitrogens with one attached hydrogen (secondary N) is 2. The van der Waals surface area contributed by atoms with Gasteiger partial charge in [0.05, 0.1) is 12.6 Å². The van der Waals surface area contributed by atoms with Crippen molar-refractivity contribution in [2.45, 2.75) is 24.9 Å². The minimum absolute atomic E-state index is 0.0838. The van der Waals surface area contributed by atoms with Crippen molar-refractivity contribution < 1.29 is 36.5 Å². The molecule has 14 nitrogen and oxygen atoms in total. The molecule has 3 aliphatic heterocycles. The minimum atomic E-state index is -4.83. The fraction of sp³-hybridized carbons (Fsp3) is 0.529. The van der Waals surface area contributed by atoms with Crippen LogP contribution in [-0.2, 0) is 24.3 Å². The second-order valence-electron chi connectivity index (χ2n) is 7.07. The summed E-state index contributed by atoms with van der Waals surface area (Å²) in [5, 5.41) is 3.20. The molecule has 3 fully saturated rings. The Bertz CT molecular complexity index is 890. The Kier molecular flexibility index (Phi) is 7.79. The second-order valence-corrected chi connectivity index (χ2v) is 8.07. The summed E-state index contributed by atoms with van der Waals surface area (Å²) in [7, 11) is -4.83. The Morgan fingerprint density at radius 3 is 2.56 bits per heavy atom. The zero-order chi connectivity index (χ0) is 23.1. The van der Waals surface area contributed by atoms with Crippen LogP contribution in [0, 0.1) is 0 Å². The van der Waals surface area contributed by atoms with Gasteiger partial charge in [0.1, 0.15) is 6.04 Å². The van der Waals surface area contributed by atoms with E-state index in [4.69, 9.17) is 9.39 Å². The summed E-state index contributed by atoms with van der Waals surface area (Å²) in [6, 6.07) is 3.29. The standard InChI is InChI=1S/C12H19N5O8S.C5H5N/c18-10(14-24-6-5-15-4-3-13-11(15)19)9-2-1-8-7-16(9)12(20)17(8)25-26(21,22)23;1-2-4-6-5-3-1/h8-9H,1-7H2,(H,13,19)(H,14,18)(H,21,22,23);1-5H/t8-,9+;/m1./s1. The van der Waals surface area contributed by atoms with Gasteiger partial charge in [0.2, 0.25) is 0 Å². The Labute approximate surface area is 184 Å². The van der Waals surface area contributed by atoms with Crippen LogP contribution >= 0.6 is 0 Å². The van der Waals surface area contributed by atoms with Crippen LogP contribution in [0.15, 0.2) is 30.6 Å². The maximum Gasteiger partial charge on any atom is 0.418 e. The first-order chi connectivity index (χ1) is 15.3. The zero-order valence-electron chi connectivity index (χ0n) is 17.0. The average Bonchev–Trinajstić information content (AvgIpc) is 3.28. The van der Waals surface area contributed by atoms with Gasteiger partial charge in [-0.3, -0.25) is 19.2 Å². The lowest BCUT2D eigenvalue weighted by atomic mass is 10.0. The first kappa shape index (κ1) is 23.6. The van der Waals surface area contributed by atoms with E-state index in [0.717, 1.165) is 4.90 Å². The number of piperidine rings is 1. The van der Waals surface area contributed by atoms with Gasteiger partial charge in [-0.15, -0.1) is 4.28 Å². The third kappa shape index (κ3) is 6.25. The van der Waals surface area contributed by atoms with E-state index in [1.54, 1.807) is 12.4 Å². The van der Waals surface area contributed by atoms with Crippen LogP contribution in [0.1, 0.15) is 12.8 Å². The molecular formula is C17H24N6O8S. The first-order valence-electron chi connectivity index (χ1n) is 9.82. The molecule has 15 heteroatoms. The molecular weight excluding hydrogens is 448 g/mol. The molecule has 3 aliphatic rings. The maximum atomic E-state index is 12.2. The Morgan fingerprint density at radius 2 is 2.00 bits per heavy atom. The molecule has 5 amide bonds. The topological polar surface area (TPSA) is 171 Å². The Balaban J connectivity index is 0.000000416. The van der Waals surface area contributed by atoms with Gasteiger partial charge in [-0.25, -0.2) is 15.1 Å². The number of hydroxylamine groups is 3. The van der Waals surface area contributed by atoms with Crippen molar-refractivity contribution in [2.24, 2.45) is 0 Å². The minimum Gasteiger partial charge on any atom is -0.336 e. The van der Waals surface area contributed by atoms with Gasteiger partial charge in [-0.1, -0.05) is 6.07 Å². The molecule has 2 atom stereocenters. The monoisotopic (exact) mass is 472 g/mol. The molecule has 0 spiro atoms. The number of pyridine rings is 1.